The number of anilines is 1. The molecule has 0 aromatic heterocycles. The Hall–Kier alpha value is -1.55. The molecule has 2 aliphatic rings. The molecule has 1 aromatic carbocycles. The third-order valence-electron chi connectivity index (χ3n) is 3.44. The number of benzene rings is 1. The van der Waals surface area contributed by atoms with Crippen molar-refractivity contribution < 1.29 is 9.59 Å². The van der Waals surface area contributed by atoms with E-state index < -0.39 is 0 Å². The van der Waals surface area contributed by atoms with Crippen LogP contribution in [0.2, 0.25) is 5.02 Å². The predicted octanol–water partition coefficient (Wildman–Crippen LogP) is 2.44. The molecule has 18 heavy (non-hydrogen) atoms. The number of nitrogens with zero attached hydrogens (tertiary/aromatic N) is 2. The van der Waals surface area contributed by atoms with Crippen molar-refractivity contribution in [1.82, 2.24) is 4.90 Å². The van der Waals surface area contributed by atoms with Crippen molar-refractivity contribution in [1.29, 1.82) is 0 Å². The molecule has 2 heterocycles. The van der Waals surface area contributed by atoms with Gasteiger partial charge in [-0.15, -0.1) is 0 Å². The van der Waals surface area contributed by atoms with Crippen LogP contribution in [0.5, 0.6) is 0 Å². The van der Waals surface area contributed by atoms with Crippen LogP contribution >= 0.6 is 11.6 Å². The summed E-state index contributed by atoms with van der Waals surface area (Å²) < 4.78 is 0. The van der Waals surface area contributed by atoms with Gasteiger partial charge in [0.15, 0.2) is 0 Å². The first-order valence-electron chi connectivity index (χ1n) is 6.07. The van der Waals surface area contributed by atoms with E-state index in [2.05, 4.69) is 0 Å². The van der Waals surface area contributed by atoms with Crippen LogP contribution in [0.1, 0.15) is 18.4 Å². The lowest BCUT2D eigenvalue weighted by molar-refractivity contribution is -0.116. The highest BCUT2D eigenvalue weighted by Gasteiger charge is 2.35. The number of likely N-dealkylation sites (tertiary alicyclic amines) is 1. The van der Waals surface area contributed by atoms with Gasteiger partial charge in [-0.05, 0) is 36.6 Å². The smallest absolute Gasteiger partial charge is 0.324 e. The monoisotopic (exact) mass is 264 g/mol. The highest BCUT2D eigenvalue weighted by Crippen LogP contribution is 2.32. The van der Waals surface area contributed by atoms with Crippen molar-refractivity contribution in [3.63, 3.8) is 0 Å². The lowest BCUT2D eigenvalue weighted by atomic mass is 10.2. The Labute approximate surface area is 110 Å². The fraction of sp³-hybridized carbons (Fsp3) is 0.385. The number of amides is 3. The van der Waals surface area contributed by atoms with E-state index in [0.717, 1.165) is 31.5 Å². The fourth-order valence-electron chi connectivity index (χ4n) is 2.55. The third kappa shape index (κ3) is 1.77. The molecule has 1 fully saturated rings. The maximum atomic E-state index is 12.3. The van der Waals surface area contributed by atoms with E-state index in [1.807, 2.05) is 0 Å². The molecule has 2 aliphatic heterocycles. The van der Waals surface area contributed by atoms with Crippen LogP contribution in [0.3, 0.4) is 0 Å². The summed E-state index contributed by atoms with van der Waals surface area (Å²) in [6.07, 6.45) is 2.29. The number of fused-ring (bicyclic) bond motifs is 1. The van der Waals surface area contributed by atoms with Crippen LogP contribution in [0.15, 0.2) is 18.2 Å². The molecular formula is C13H13ClN2O2. The summed E-state index contributed by atoms with van der Waals surface area (Å²) in [5, 5.41) is 0.594. The molecule has 0 aliphatic carbocycles. The van der Waals surface area contributed by atoms with Gasteiger partial charge in [0, 0.05) is 18.1 Å². The Kier molecular flexibility index (Phi) is 2.74. The molecule has 0 N–H and O–H groups in total. The zero-order valence-electron chi connectivity index (χ0n) is 9.86. The van der Waals surface area contributed by atoms with E-state index in [-0.39, 0.29) is 18.4 Å². The van der Waals surface area contributed by atoms with Gasteiger partial charge in [-0.3, -0.25) is 4.79 Å². The first kappa shape index (κ1) is 11.5. The maximum absolute atomic E-state index is 12.3. The second-order valence-electron chi connectivity index (χ2n) is 4.66. The largest absolute Gasteiger partial charge is 0.331 e. The highest BCUT2D eigenvalue weighted by molar-refractivity contribution is 6.31. The summed E-state index contributed by atoms with van der Waals surface area (Å²) in [6.45, 7) is 1.48. The van der Waals surface area contributed by atoms with Gasteiger partial charge in [0.1, 0.15) is 0 Å². The number of imide groups is 1. The van der Waals surface area contributed by atoms with Gasteiger partial charge < -0.3 is 4.90 Å². The minimum Gasteiger partial charge on any atom is -0.324 e. The van der Waals surface area contributed by atoms with Crippen LogP contribution in [-0.4, -0.2) is 29.9 Å². The predicted molar refractivity (Wildman–Crippen MR) is 68.8 cm³/mol. The average molecular weight is 265 g/mol. The van der Waals surface area contributed by atoms with Crippen LogP contribution in [0, 0.1) is 0 Å². The Bertz CT molecular complexity index is 524. The zero-order chi connectivity index (χ0) is 12.7. The first-order chi connectivity index (χ1) is 8.66. The fourth-order valence-corrected chi connectivity index (χ4v) is 2.74. The number of urea groups is 1. The van der Waals surface area contributed by atoms with Crippen molar-refractivity contribution in [2.75, 3.05) is 18.0 Å². The van der Waals surface area contributed by atoms with Gasteiger partial charge >= 0.3 is 6.03 Å². The van der Waals surface area contributed by atoms with Crippen LogP contribution < -0.4 is 4.90 Å². The number of carbonyl (C=O) groups excluding carboxylic acids is 2. The van der Waals surface area contributed by atoms with Crippen LogP contribution in [0.4, 0.5) is 10.5 Å². The van der Waals surface area contributed by atoms with E-state index in [9.17, 15) is 9.59 Å². The molecule has 1 aromatic rings. The van der Waals surface area contributed by atoms with Gasteiger partial charge in [-0.2, -0.15) is 0 Å². The molecule has 0 saturated carbocycles. The van der Waals surface area contributed by atoms with E-state index in [0.29, 0.717) is 10.7 Å². The third-order valence-corrected chi connectivity index (χ3v) is 3.68. The average Bonchev–Trinajstić information content (AvgIpc) is 2.94. The van der Waals surface area contributed by atoms with Crippen LogP contribution in [0.25, 0.3) is 0 Å². The second-order valence-corrected chi connectivity index (χ2v) is 5.09. The van der Waals surface area contributed by atoms with E-state index >= 15 is 0 Å². The Morgan fingerprint density at radius 2 is 1.94 bits per heavy atom. The van der Waals surface area contributed by atoms with Crippen molar-refractivity contribution in [3.05, 3.63) is 28.8 Å². The SMILES string of the molecule is O=C1Cc2cc(Cl)ccc2N1C(=O)N1CCCC1. The second kappa shape index (κ2) is 4.28. The molecule has 0 unspecified atom stereocenters. The first-order valence-corrected chi connectivity index (χ1v) is 6.45. The summed E-state index contributed by atoms with van der Waals surface area (Å²) in [5.41, 5.74) is 1.52. The highest BCUT2D eigenvalue weighted by atomic mass is 35.5. The van der Waals surface area contributed by atoms with Crippen molar-refractivity contribution in [3.8, 4) is 0 Å². The summed E-state index contributed by atoms with van der Waals surface area (Å²) in [5.74, 6) is -0.163. The van der Waals surface area contributed by atoms with Gasteiger partial charge in [0.2, 0.25) is 5.91 Å². The van der Waals surface area contributed by atoms with Crippen molar-refractivity contribution in [2.45, 2.75) is 19.3 Å². The van der Waals surface area contributed by atoms with Crippen molar-refractivity contribution >= 4 is 29.2 Å². The zero-order valence-corrected chi connectivity index (χ0v) is 10.6. The van der Waals surface area contributed by atoms with E-state index in [1.165, 1.54) is 4.90 Å². The number of rotatable bonds is 0. The summed E-state index contributed by atoms with van der Waals surface area (Å²) in [4.78, 5) is 27.3. The van der Waals surface area contributed by atoms with Gasteiger partial charge in [-0.25, -0.2) is 9.69 Å². The van der Waals surface area contributed by atoms with Gasteiger partial charge in [0.05, 0.1) is 12.1 Å². The molecule has 4 nitrogen and oxygen atoms in total. The molecule has 3 rings (SSSR count). The molecule has 0 bridgehead atoms. The van der Waals surface area contributed by atoms with Gasteiger partial charge in [-0.1, -0.05) is 11.6 Å². The van der Waals surface area contributed by atoms with Crippen molar-refractivity contribution in [2.24, 2.45) is 0 Å². The topological polar surface area (TPSA) is 40.6 Å². The maximum Gasteiger partial charge on any atom is 0.331 e. The Balaban J connectivity index is 1.93. The molecule has 0 atom stereocenters. The standard InChI is InChI=1S/C13H13ClN2O2/c14-10-3-4-11-9(7-10)8-12(17)16(11)13(18)15-5-1-2-6-15/h3-4,7H,1-2,5-6,8H2. The Morgan fingerprint density at radius 3 is 2.67 bits per heavy atom. The lowest BCUT2D eigenvalue weighted by Crippen LogP contribution is -2.43. The quantitative estimate of drug-likeness (QED) is 0.722. The lowest BCUT2D eigenvalue weighted by Gasteiger charge is -2.23. The Morgan fingerprint density at radius 1 is 1.22 bits per heavy atom. The molecule has 0 spiro atoms. The molecule has 5 heteroatoms. The minimum absolute atomic E-state index is 0.163. The summed E-state index contributed by atoms with van der Waals surface area (Å²) >= 11 is 5.90. The van der Waals surface area contributed by atoms with E-state index in [4.69, 9.17) is 11.6 Å². The molecule has 0 radical (unpaired) electrons. The summed E-state index contributed by atoms with van der Waals surface area (Å²) in [6, 6.07) is 5.02. The number of halogens is 1. The molecular weight excluding hydrogens is 252 g/mol. The minimum atomic E-state index is -0.196. The normalized spacial score (nSPS) is 18.4. The molecule has 94 valence electrons. The number of hydrogen-bond acceptors (Lipinski definition) is 2. The van der Waals surface area contributed by atoms with Crippen LogP contribution in [-0.2, 0) is 11.2 Å². The number of hydrogen-bond donors (Lipinski definition) is 0. The molecule has 3 amide bonds. The van der Waals surface area contributed by atoms with Gasteiger partial charge in [0.25, 0.3) is 0 Å². The number of carbonyl (C=O) groups is 2. The molecule has 1 saturated heterocycles. The summed E-state index contributed by atoms with van der Waals surface area (Å²) in [7, 11) is 0. The van der Waals surface area contributed by atoms with E-state index in [1.54, 1.807) is 23.1 Å².